The first-order valence-corrected chi connectivity index (χ1v) is 9.51. The Labute approximate surface area is 134 Å². The molecular formula is C17H30ClNS. The van der Waals surface area contributed by atoms with Gasteiger partial charge in [0.2, 0.25) is 0 Å². The molecule has 0 aliphatic carbocycles. The van der Waals surface area contributed by atoms with Crippen LogP contribution >= 0.6 is 22.9 Å². The Hall–Kier alpha value is -0.0500. The summed E-state index contributed by atoms with van der Waals surface area (Å²) in [6, 6.07) is 2.46. The maximum absolute atomic E-state index is 6.25. The predicted octanol–water partition coefficient (Wildman–Crippen LogP) is 6.58. The molecule has 0 aliphatic heterocycles. The molecule has 20 heavy (non-hydrogen) atoms. The largest absolute Gasteiger partial charge is 0.309 e. The van der Waals surface area contributed by atoms with Gasteiger partial charge in [0.05, 0.1) is 5.02 Å². The van der Waals surface area contributed by atoms with E-state index in [1.807, 2.05) is 6.07 Å². The zero-order chi connectivity index (χ0) is 14.6. The highest BCUT2D eigenvalue weighted by atomic mass is 35.5. The summed E-state index contributed by atoms with van der Waals surface area (Å²) in [6.45, 7) is 5.45. The summed E-state index contributed by atoms with van der Waals surface area (Å²) in [5.41, 5.74) is 0. The second-order valence-electron chi connectivity index (χ2n) is 5.51. The van der Waals surface area contributed by atoms with E-state index in [1.54, 1.807) is 11.3 Å². The molecule has 0 amide bonds. The topological polar surface area (TPSA) is 12.0 Å². The Bertz CT molecular complexity index is 337. The van der Waals surface area contributed by atoms with E-state index in [2.05, 4.69) is 24.5 Å². The van der Waals surface area contributed by atoms with Gasteiger partial charge in [-0.3, -0.25) is 0 Å². The van der Waals surface area contributed by atoms with Crippen molar-refractivity contribution in [1.82, 2.24) is 5.32 Å². The smallest absolute Gasteiger partial charge is 0.0561 e. The molecule has 0 bridgehead atoms. The Balaban J connectivity index is 2.16. The first kappa shape index (κ1) is 18.0. The number of unbranched alkanes of at least 4 members (excludes halogenated alkanes) is 7. The van der Waals surface area contributed by atoms with E-state index < -0.39 is 0 Å². The summed E-state index contributed by atoms with van der Waals surface area (Å²) in [5, 5.41) is 6.59. The molecule has 116 valence electrons. The first-order valence-electron chi connectivity index (χ1n) is 8.25. The molecule has 1 N–H and O–H groups in total. The maximum Gasteiger partial charge on any atom is 0.0561 e. The van der Waals surface area contributed by atoms with Gasteiger partial charge in [-0.25, -0.2) is 0 Å². The van der Waals surface area contributed by atoms with Gasteiger partial charge in [-0.15, -0.1) is 11.3 Å². The minimum Gasteiger partial charge on any atom is -0.309 e. The Morgan fingerprint density at radius 1 is 1.05 bits per heavy atom. The van der Waals surface area contributed by atoms with Gasteiger partial charge < -0.3 is 5.32 Å². The molecule has 1 atom stereocenters. The Morgan fingerprint density at radius 3 is 2.25 bits per heavy atom. The molecule has 1 heterocycles. The van der Waals surface area contributed by atoms with E-state index in [1.165, 1.54) is 62.7 Å². The van der Waals surface area contributed by atoms with E-state index in [4.69, 9.17) is 11.6 Å². The van der Waals surface area contributed by atoms with Crippen molar-refractivity contribution < 1.29 is 0 Å². The van der Waals surface area contributed by atoms with Gasteiger partial charge in [-0.05, 0) is 24.4 Å². The van der Waals surface area contributed by atoms with Crippen molar-refractivity contribution in [2.24, 2.45) is 0 Å². The van der Waals surface area contributed by atoms with Crippen LogP contribution in [-0.4, -0.2) is 6.54 Å². The van der Waals surface area contributed by atoms with Gasteiger partial charge in [-0.1, -0.05) is 76.8 Å². The minimum absolute atomic E-state index is 0.451. The molecule has 1 aromatic rings. The lowest BCUT2D eigenvalue weighted by Crippen LogP contribution is -2.20. The van der Waals surface area contributed by atoms with E-state index >= 15 is 0 Å². The summed E-state index contributed by atoms with van der Waals surface area (Å²) in [7, 11) is 0. The lowest BCUT2D eigenvalue weighted by Gasteiger charge is -2.17. The van der Waals surface area contributed by atoms with Crippen LogP contribution in [0, 0.1) is 0 Å². The van der Waals surface area contributed by atoms with Crippen LogP contribution in [0.5, 0.6) is 0 Å². The van der Waals surface area contributed by atoms with Crippen molar-refractivity contribution >= 4 is 22.9 Å². The lowest BCUT2D eigenvalue weighted by atomic mass is 10.0. The molecule has 0 fully saturated rings. The molecule has 1 nitrogen and oxygen atoms in total. The zero-order valence-corrected chi connectivity index (χ0v) is 14.7. The molecule has 1 rings (SSSR count). The number of hydrogen-bond donors (Lipinski definition) is 1. The second-order valence-corrected chi connectivity index (χ2v) is 6.86. The molecule has 0 aliphatic rings. The molecule has 0 saturated heterocycles. The van der Waals surface area contributed by atoms with Crippen LogP contribution in [0.2, 0.25) is 5.02 Å². The van der Waals surface area contributed by atoms with E-state index in [0.29, 0.717) is 6.04 Å². The highest BCUT2D eigenvalue weighted by molar-refractivity contribution is 7.10. The Morgan fingerprint density at radius 2 is 1.70 bits per heavy atom. The molecule has 3 heteroatoms. The van der Waals surface area contributed by atoms with E-state index in [-0.39, 0.29) is 0 Å². The molecular weight excluding hydrogens is 286 g/mol. The normalized spacial score (nSPS) is 12.8. The second kappa shape index (κ2) is 11.6. The highest BCUT2D eigenvalue weighted by Gasteiger charge is 2.14. The fourth-order valence-electron chi connectivity index (χ4n) is 2.61. The van der Waals surface area contributed by atoms with E-state index in [9.17, 15) is 0 Å². The van der Waals surface area contributed by atoms with Crippen LogP contribution < -0.4 is 5.32 Å². The standard InChI is InChI=1S/C17H30ClNS/c1-3-5-6-7-8-9-10-11-12-16(19-4-2)17-15(18)13-14-20-17/h13-14,16,19H,3-12H2,1-2H3. The molecule has 1 aromatic heterocycles. The third-order valence-electron chi connectivity index (χ3n) is 3.76. The quantitative estimate of drug-likeness (QED) is 0.429. The molecule has 0 radical (unpaired) electrons. The van der Waals surface area contributed by atoms with Crippen molar-refractivity contribution in [3.05, 3.63) is 21.3 Å². The van der Waals surface area contributed by atoms with Crippen LogP contribution in [0.3, 0.4) is 0 Å². The van der Waals surface area contributed by atoms with Crippen molar-refractivity contribution in [2.45, 2.75) is 77.7 Å². The van der Waals surface area contributed by atoms with E-state index in [0.717, 1.165) is 11.6 Å². The highest BCUT2D eigenvalue weighted by Crippen LogP contribution is 2.31. The molecule has 0 saturated carbocycles. The number of nitrogens with one attached hydrogen (secondary N) is 1. The van der Waals surface area contributed by atoms with Gasteiger partial charge >= 0.3 is 0 Å². The SMILES string of the molecule is CCCCCCCCCCC(NCC)c1sccc1Cl. The predicted molar refractivity (Wildman–Crippen MR) is 93.0 cm³/mol. The van der Waals surface area contributed by atoms with Gasteiger partial charge in [0.25, 0.3) is 0 Å². The number of hydrogen-bond acceptors (Lipinski definition) is 2. The molecule has 0 spiro atoms. The summed E-state index contributed by atoms with van der Waals surface area (Å²) >= 11 is 8.03. The number of thiophene rings is 1. The van der Waals surface area contributed by atoms with Gasteiger partial charge in [0.15, 0.2) is 0 Å². The summed E-state index contributed by atoms with van der Waals surface area (Å²) in [5.74, 6) is 0. The van der Waals surface area contributed by atoms with Crippen molar-refractivity contribution in [3.8, 4) is 0 Å². The van der Waals surface area contributed by atoms with Gasteiger partial charge in [0.1, 0.15) is 0 Å². The third kappa shape index (κ3) is 7.10. The minimum atomic E-state index is 0.451. The Kier molecular flexibility index (Phi) is 10.4. The van der Waals surface area contributed by atoms with Crippen molar-refractivity contribution in [2.75, 3.05) is 6.54 Å². The van der Waals surface area contributed by atoms with Crippen molar-refractivity contribution in [3.63, 3.8) is 0 Å². The molecule has 1 unspecified atom stereocenters. The monoisotopic (exact) mass is 315 g/mol. The van der Waals surface area contributed by atoms with Gasteiger partial charge in [0, 0.05) is 10.9 Å². The van der Waals surface area contributed by atoms with Crippen LogP contribution in [0.4, 0.5) is 0 Å². The summed E-state index contributed by atoms with van der Waals surface area (Å²) in [4.78, 5) is 1.32. The fourth-order valence-corrected chi connectivity index (χ4v) is 3.91. The zero-order valence-electron chi connectivity index (χ0n) is 13.1. The van der Waals surface area contributed by atoms with Crippen LogP contribution in [0.25, 0.3) is 0 Å². The summed E-state index contributed by atoms with van der Waals surface area (Å²) in [6.07, 6.45) is 12.2. The number of rotatable bonds is 12. The van der Waals surface area contributed by atoms with Crippen LogP contribution in [-0.2, 0) is 0 Å². The maximum atomic E-state index is 6.25. The first-order chi connectivity index (χ1) is 9.79. The number of halogens is 1. The lowest BCUT2D eigenvalue weighted by molar-refractivity contribution is 0.480. The molecule has 0 aromatic carbocycles. The average Bonchev–Trinajstić information content (AvgIpc) is 2.87. The van der Waals surface area contributed by atoms with Crippen LogP contribution in [0.1, 0.15) is 82.6 Å². The third-order valence-corrected chi connectivity index (χ3v) is 5.23. The summed E-state index contributed by atoms with van der Waals surface area (Å²) < 4.78 is 0. The van der Waals surface area contributed by atoms with Crippen LogP contribution in [0.15, 0.2) is 11.4 Å². The average molecular weight is 316 g/mol. The fraction of sp³-hybridized carbons (Fsp3) is 0.765. The van der Waals surface area contributed by atoms with Gasteiger partial charge in [-0.2, -0.15) is 0 Å². The van der Waals surface area contributed by atoms with Crippen molar-refractivity contribution in [1.29, 1.82) is 0 Å².